The number of thioether (sulfide) groups is 1. The van der Waals surface area contributed by atoms with Crippen LogP contribution in [-0.4, -0.2) is 9.55 Å². The standard InChI is InChI=1S/C23H18F2N2OS/c24-18-12-17(13-19(25)14-18)15-29-23-26-21-9-5-4-8-20(21)22(28)27(23)11-10-16-6-2-1-3-7-16/h1-9,12-14H,10-11,15H2. The molecule has 6 heteroatoms. The Labute approximate surface area is 171 Å². The van der Waals surface area contributed by atoms with E-state index in [4.69, 9.17) is 0 Å². The van der Waals surface area contributed by atoms with Gasteiger partial charge < -0.3 is 0 Å². The van der Waals surface area contributed by atoms with E-state index < -0.39 is 11.6 Å². The van der Waals surface area contributed by atoms with E-state index in [1.165, 1.54) is 23.9 Å². The Morgan fingerprint density at radius 3 is 2.31 bits per heavy atom. The smallest absolute Gasteiger partial charge is 0.262 e. The van der Waals surface area contributed by atoms with Gasteiger partial charge in [0.1, 0.15) is 11.6 Å². The van der Waals surface area contributed by atoms with Gasteiger partial charge >= 0.3 is 0 Å². The normalized spacial score (nSPS) is 11.1. The summed E-state index contributed by atoms with van der Waals surface area (Å²) in [4.78, 5) is 17.7. The number of aryl methyl sites for hydroxylation is 1. The third-order valence-electron chi connectivity index (χ3n) is 4.58. The van der Waals surface area contributed by atoms with E-state index >= 15 is 0 Å². The van der Waals surface area contributed by atoms with Gasteiger partial charge in [-0.1, -0.05) is 54.2 Å². The maximum Gasteiger partial charge on any atom is 0.262 e. The average Bonchev–Trinajstić information content (AvgIpc) is 2.72. The second kappa shape index (κ2) is 8.57. The zero-order valence-electron chi connectivity index (χ0n) is 15.5. The van der Waals surface area contributed by atoms with Crippen LogP contribution >= 0.6 is 11.8 Å². The van der Waals surface area contributed by atoms with Crippen LogP contribution in [0.1, 0.15) is 11.1 Å². The van der Waals surface area contributed by atoms with Crippen LogP contribution in [0.2, 0.25) is 0 Å². The van der Waals surface area contributed by atoms with Crippen LogP contribution in [0.15, 0.2) is 82.7 Å². The molecule has 0 radical (unpaired) electrons. The highest BCUT2D eigenvalue weighted by atomic mass is 32.2. The minimum absolute atomic E-state index is 0.112. The SMILES string of the molecule is O=c1c2ccccc2nc(SCc2cc(F)cc(F)c2)n1CCc1ccccc1. The third-order valence-corrected chi connectivity index (χ3v) is 5.63. The molecular formula is C23H18F2N2OS. The lowest BCUT2D eigenvalue weighted by Gasteiger charge is -2.13. The van der Waals surface area contributed by atoms with Crippen LogP contribution < -0.4 is 5.56 Å². The Morgan fingerprint density at radius 1 is 0.862 bits per heavy atom. The van der Waals surface area contributed by atoms with Gasteiger partial charge in [-0.05, 0) is 41.8 Å². The van der Waals surface area contributed by atoms with E-state index in [0.29, 0.717) is 40.3 Å². The van der Waals surface area contributed by atoms with Gasteiger partial charge in [0.25, 0.3) is 5.56 Å². The molecule has 0 atom stereocenters. The van der Waals surface area contributed by atoms with E-state index in [-0.39, 0.29) is 5.56 Å². The molecule has 4 aromatic rings. The van der Waals surface area contributed by atoms with Gasteiger partial charge in [-0.2, -0.15) is 0 Å². The van der Waals surface area contributed by atoms with E-state index in [0.717, 1.165) is 11.6 Å². The highest BCUT2D eigenvalue weighted by Crippen LogP contribution is 2.23. The van der Waals surface area contributed by atoms with Crippen LogP contribution in [0.4, 0.5) is 8.78 Å². The van der Waals surface area contributed by atoms with Gasteiger partial charge in [0.05, 0.1) is 10.9 Å². The van der Waals surface area contributed by atoms with Crippen LogP contribution in [0.25, 0.3) is 10.9 Å². The van der Waals surface area contributed by atoms with Crippen LogP contribution in [0.3, 0.4) is 0 Å². The lowest BCUT2D eigenvalue weighted by molar-refractivity contribution is 0.581. The summed E-state index contributed by atoms with van der Waals surface area (Å²) < 4.78 is 28.6. The molecule has 1 aromatic heterocycles. The Bertz CT molecular complexity index is 1190. The number of halogens is 2. The van der Waals surface area contributed by atoms with Crippen LogP contribution in [0.5, 0.6) is 0 Å². The molecule has 3 aromatic carbocycles. The maximum absolute atomic E-state index is 13.5. The molecule has 4 rings (SSSR count). The van der Waals surface area contributed by atoms with E-state index in [2.05, 4.69) is 4.98 Å². The molecule has 1 heterocycles. The first-order chi connectivity index (χ1) is 14.1. The minimum Gasteiger partial charge on any atom is -0.287 e. The van der Waals surface area contributed by atoms with Crippen molar-refractivity contribution in [3.05, 3.63) is 106 Å². The monoisotopic (exact) mass is 408 g/mol. The lowest BCUT2D eigenvalue weighted by atomic mass is 10.1. The van der Waals surface area contributed by atoms with Crippen molar-refractivity contribution in [3.63, 3.8) is 0 Å². The van der Waals surface area contributed by atoms with Crippen molar-refractivity contribution in [2.24, 2.45) is 0 Å². The summed E-state index contributed by atoms with van der Waals surface area (Å²) in [5.41, 5.74) is 2.13. The average molecular weight is 408 g/mol. The number of aromatic nitrogens is 2. The van der Waals surface area contributed by atoms with Crippen molar-refractivity contribution in [3.8, 4) is 0 Å². The van der Waals surface area contributed by atoms with Crippen molar-refractivity contribution in [1.29, 1.82) is 0 Å². The first-order valence-corrected chi connectivity index (χ1v) is 10.2. The van der Waals surface area contributed by atoms with Crippen molar-refractivity contribution in [2.45, 2.75) is 23.9 Å². The van der Waals surface area contributed by atoms with Crippen molar-refractivity contribution in [2.75, 3.05) is 0 Å². The second-order valence-electron chi connectivity index (χ2n) is 6.67. The minimum atomic E-state index is -0.617. The maximum atomic E-state index is 13.5. The molecule has 0 amide bonds. The van der Waals surface area contributed by atoms with E-state index in [1.807, 2.05) is 42.5 Å². The molecule has 0 aliphatic heterocycles. The van der Waals surface area contributed by atoms with Gasteiger partial charge in [0.15, 0.2) is 5.16 Å². The fraction of sp³-hybridized carbons (Fsp3) is 0.130. The lowest BCUT2D eigenvalue weighted by Crippen LogP contribution is -2.24. The highest BCUT2D eigenvalue weighted by Gasteiger charge is 2.12. The van der Waals surface area contributed by atoms with Crippen molar-refractivity contribution >= 4 is 22.7 Å². The topological polar surface area (TPSA) is 34.9 Å². The van der Waals surface area contributed by atoms with Gasteiger partial charge in [-0.3, -0.25) is 9.36 Å². The summed E-state index contributed by atoms with van der Waals surface area (Å²) in [5, 5.41) is 1.09. The highest BCUT2D eigenvalue weighted by molar-refractivity contribution is 7.98. The van der Waals surface area contributed by atoms with Crippen molar-refractivity contribution < 1.29 is 8.78 Å². The third kappa shape index (κ3) is 4.54. The molecule has 0 unspecified atom stereocenters. The molecular weight excluding hydrogens is 390 g/mol. The first-order valence-electron chi connectivity index (χ1n) is 9.21. The molecule has 0 aliphatic carbocycles. The van der Waals surface area contributed by atoms with Crippen LogP contribution in [0, 0.1) is 11.6 Å². The molecule has 0 saturated carbocycles. The fourth-order valence-electron chi connectivity index (χ4n) is 3.18. The molecule has 0 bridgehead atoms. The molecule has 0 aliphatic rings. The summed E-state index contributed by atoms with van der Waals surface area (Å²) in [6.45, 7) is 0.473. The summed E-state index contributed by atoms with van der Waals surface area (Å²) in [7, 11) is 0. The van der Waals surface area contributed by atoms with Crippen LogP contribution in [-0.2, 0) is 18.7 Å². The van der Waals surface area contributed by atoms with Gasteiger partial charge in [-0.25, -0.2) is 13.8 Å². The Hall–Kier alpha value is -2.99. The zero-order valence-corrected chi connectivity index (χ0v) is 16.3. The summed E-state index contributed by atoms with van der Waals surface area (Å²) in [5.74, 6) is -0.924. The fourth-order valence-corrected chi connectivity index (χ4v) is 4.14. The number of benzene rings is 3. The number of para-hydroxylation sites is 1. The zero-order chi connectivity index (χ0) is 20.2. The molecule has 3 nitrogen and oxygen atoms in total. The summed E-state index contributed by atoms with van der Waals surface area (Å²) in [6, 6.07) is 20.6. The predicted molar refractivity (Wildman–Crippen MR) is 112 cm³/mol. The second-order valence-corrected chi connectivity index (χ2v) is 7.61. The Morgan fingerprint density at radius 2 is 1.55 bits per heavy atom. The number of fused-ring (bicyclic) bond motifs is 1. The largest absolute Gasteiger partial charge is 0.287 e. The number of hydrogen-bond donors (Lipinski definition) is 0. The molecule has 0 saturated heterocycles. The summed E-state index contributed by atoms with van der Waals surface area (Å²) in [6.07, 6.45) is 0.683. The number of rotatable bonds is 6. The molecule has 0 N–H and O–H groups in total. The Kier molecular flexibility index (Phi) is 5.71. The number of hydrogen-bond acceptors (Lipinski definition) is 3. The molecule has 29 heavy (non-hydrogen) atoms. The molecule has 146 valence electrons. The van der Waals surface area contributed by atoms with E-state index in [1.54, 1.807) is 16.7 Å². The van der Waals surface area contributed by atoms with E-state index in [9.17, 15) is 13.6 Å². The summed E-state index contributed by atoms with van der Waals surface area (Å²) >= 11 is 1.30. The van der Waals surface area contributed by atoms with Gasteiger partial charge in [0, 0.05) is 18.4 Å². The quantitative estimate of drug-likeness (QED) is 0.325. The first kappa shape index (κ1) is 19.3. The molecule has 0 fully saturated rings. The number of nitrogens with zero attached hydrogens (tertiary/aromatic N) is 2. The van der Waals surface area contributed by atoms with Crippen molar-refractivity contribution in [1.82, 2.24) is 9.55 Å². The Balaban J connectivity index is 1.67. The predicted octanol–water partition coefficient (Wildman–Crippen LogP) is 5.21. The van der Waals surface area contributed by atoms with Gasteiger partial charge in [0.2, 0.25) is 0 Å². The molecule has 0 spiro atoms. The van der Waals surface area contributed by atoms with Gasteiger partial charge in [-0.15, -0.1) is 0 Å².